The minimum absolute atomic E-state index is 0.124. The van der Waals surface area contributed by atoms with Crippen LogP contribution in [0.1, 0.15) is 18.4 Å². The van der Waals surface area contributed by atoms with Gasteiger partial charge >= 0.3 is 0 Å². The maximum absolute atomic E-state index is 12.5. The van der Waals surface area contributed by atoms with Gasteiger partial charge in [0, 0.05) is 0 Å². The van der Waals surface area contributed by atoms with Gasteiger partial charge in [0.1, 0.15) is 5.75 Å². The Kier molecular flexibility index (Phi) is 2.89. The van der Waals surface area contributed by atoms with Crippen LogP contribution < -0.4 is 0 Å². The smallest absolute Gasteiger partial charge is 0.254 e. The van der Waals surface area contributed by atoms with Crippen LogP contribution in [0.25, 0.3) is 0 Å². The molecule has 1 aliphatic heterocycles. The van der Waals surface area contributed by atoms with E-state index in [-0.39, 0.29) is 41.2 Å². The molecule has 4 atom stereocenters. The van der Waals surface area contributed by atoms with Gasteiger partial charge in [0.25, 0.3) is 11.8 Å². The Morgan fingerprint density at radius 1 is 1.09 bits per heavy atom. The van der Waals surface area contributed by atoms with Crippen molar-refractivity contribution >= 4 is 18.0 Å². The molecule has 22 heavy (non-hydrogen) atoms. The van der Waals surface area contributed by atoms with Crippen LogP contribution in [0.2, 0.25) is 0 Å². The molecule has 1 aromatic carbocycles. The lowest BCUT2D eigenvalue weighted by Gasteiger charge is -2.37. The van der Waals surface area contributed by atoms with E-state index in [1.54, 1.807) is 18.2 Å². The number of nitrogens with zero attached hydrogens (tertiary/aromatic N) is 2. The molecule has 1 N–H and O–H groups in total. The van der Waals surface area contributed by atoms with Crippen LogP contribution in [0.15, 0.2) is 41.5 Å². The standard InChI is InChI=1S/C17H16N2O3/c20-13-3-1-2-10(8-13)9-18-19-16(21)14-11-4-5-12(7-6-11)15(14)17(19)22/h1-5,8-9,11-12,14-15,20H,6-7H2/b18-9-/t11-,12-,14+,15+/m1/s1. The maximum atomic E-state index is 12.5. The minimum atomic E-state index is -0.238. The number of hydrazone groups is 1. The monoisotopic (exact) mass is 296 g/mol. The Morgan fingerprint density at radius 2 is 1.73 bits per heavy atom. The van der Waals surface area contributed by atoms with E-state index in [1.807, 2.05) is 0 Å². The van der Waals surface area contributed by atoms with E-state index >= 15 is 0 Å². The summed E-state index contributed by atoms with van der Waals surface area (Å²) in [4.78, 5) is 25.1. The van der Waals surface area contributed by atoms with Gasteiger partial charge in [-0.05, 0) is 42.4 Å². The van der Waals surface area contributed by atoms with Crippen molar-refractivity contribution < 1.29 is 14.7 Å². The number of hydrogen-bond donors (Lipinski definition) is 1. The first-order valence-corrected chi connectivity index (χ1v) is 7.54. The van der Waals surface area contributed by atoms with Crippen LogP contribution in [0.4, 0.5) is 0 Å². The molecule has 3 aliphatic carbocycles. The fourth-order valence-electron chi connectivity index (χ4n) is 3.90. The second kappa shape index (κ2) is 4.80. The molecular weight excluding hydrogens is 280 g/mol. The van der Waals surface area contributed by atoms with Crippen molar-refractivity contribution in [3.63, 3.8) is 0 Å². The van der Waals surface area contributed by atoms with E-state index in [4.69, 9.17) is 0 Å². The van der Waals surface area contributed by atoms with Crippen molar-refractivity contribution in [2.75, 3.05) is 0 Å². The number of phenolic OH excluding ortho intramolecular Hbond substituents is 1. The molecule has 4 aliphatic rings. The van der Waals surface area contributed by atoms with Crippen LogP contribution in [0.3, 0.4) is 0 Å². The lowest BCUT2D eigenvalue weighted by molar-refractivity contribution is -0.140. The van der Waals surface area contributed by atoms with Gasteiger partial charge in [-0.2, -0.15) is 10.1 Å². The lowest BCUT2D eigenvalue weighted by atomic mass is 9.63. The maximum Gasteiger partial charge on any atom is 0.254 e. The molecule has 2 fully saturated rings. The van der Waals surface area contributed by atoms with Gasteiger partial charge in [0.05, 0.1) is 18.1 Å². The molecule has 0 unspecified atom stereocenters. The van der Waals surface area contributed by atoms with Crippen LogP contribution in [0, 0.1) is 23.7 Å². The molecule has 5 rings (SSSR count). The van der Waals surface area contributed by atoms with Crippen LogP contribution in [-0.4, -0.2) is 28.1 Å². The fraction of sp³-hybridized carbons (Fsp3) is 0.353. The van der Waals surface area contributed by atoms with Crippen LogP contribution in [-0.2, 0) is 9.59 Å². The van der Waals surface area contributed by atoms with Crippen LogP contribution >= 0.6 is 0 Å². The highest BCUT2D eigenvalue weighted by molar-refractivity contribution is 6.06. The second-order valence-electron chi connectivity index (χ2n) is 6.17. The van der Waals surface area contributed by atoms with E-state index < -0.39 is 0 Å². The number of benzene rings is 1. The third-order valence-electron chi connectivity index (χ3n) is 4.93. The highest BCUT2D eigenvalue weighted by Crippen LogP contribution is 2.49. The molecule has 112 valence electrons. The number of hydrogen-bond acceptors (Lipinski definition) is 4. The third kappa shape index (κ3) is 1.89. The molecule has 1 aromatic rings. The summed E-state index contributed by atoms with van der Waals surface area (Å²) >= 11 is 0. The Hall–Kier alpha value is -2.43. The molecule has 2 amide bonds. The van der Waals surface area contributed by atoms with Gasteiger partial charge < -0.3 is 5.11 Å². The fourth-order valence-corrected chi connectivity index (χ4v) is 3.90. The topological polar surface area (TPSA) is 70.0 Å². The number of carbonyl (C=O) groups is 2. The first-order valence-electron chi connectivity index (χ1n) is 7.54. The van der Waals surface area contributed by atoms with E-state index in [0.717, 1.165) is 17.9 Å². The van der Waals surface area contributed by atoms with E-state index in [0.29, 0.717) is 5.56 Å². The van der Waals surface area contributed by atoms with Crippen molar-refractivity contribution in [1.82, 2.24) is 5.01 Å². The quantitative estimate of drug-likeness (QED) is 0.515. The zero-order valence-electron chi connectivity index (χ0n) is 11.9. The summed E-state index contributed by atoms with van der Waals surface area (Å²) in [7, 11) is 0. The Bertz CT molecular complexity index is 678. The zero-order valence-corrected chi connectivity index (χ0v) is 11.9. The molecule has 1 heterocycles. The summed E-state index contributed by atoms with van der Waals surface area (Å²) in [6, 6.07) is 6.54. The number of phenols is 1. The molecule has 5 heteroatoms. The first kappa shape index (κ1) is 13.2. The molecule has 0 aromatic heterocycles. The molecule has 1 saturated carbocycles. The lowest BCUT2D eigenvalue weighted by Crippen LogP contribution is -2.38. The molecule has 0 spiro atoms. The third-order valence-corrected chi connectivity index (χ3v) is 4.93. The summed E-state index contributed by atoms with van der Waals surface area (Å²) < 4.78 is 0. The van der Waals surface area contributed by atoms with Crippen molar-refractivity contribution in [2.24, 2.45) is 28.8 Å². The predicted octanol–water partition coefficient (Wildman–Crippen LogP) is 1.92. The number of rotatable bonds is 2. The Labute approximate surface area is 127 Å². The Balaban J connectivity index is 1.61. The normalized spacial score (nSPS) is 33.0. The molecule has 5 nitrogen and oxygen atoms in total. The van der Waals surface area contributed by atoms with Gasteiger partial charge in [-0.25, -0.2) is 0 Å². The average molecular weight is 296 g/mol. The molecule has 0 radical (unpaired) electrons. The van der Waals surface area contributed by atoms with Crippen molar-refractivity contribution in [3.8, 4) is 5.75 Å². The number of imide groups is 1. The average Bonchev–Trinajstić information content (AvgIpc) is 2.80. The summed E-state index contributed by atoms with van der Waals surface area (Å²) in [6.07, 6.45) is 7.57. The van der Waals surface area contributed by atoms with Gasteiger partial charge in [-0.3, -0.25) is 9.59 Å². The number of aromatic hydroxyl groups is 1. The van der Waals surface area contributed by atoms with Gasteiger partial charge in [0.15, 0.2) is 0 Å². The Morgan fingerprint density at radius 3 is 2.27 bits per heavy atom. The number of allylic oxidation sites excluding steroid dienone is 2. The van der Waals surface area contributed by atoms with Gasteiger partial charge in [-0.1, -0.05) is 24.3 Å². The van der Waals surface area contributed by atoms with Gasteiger partial charge in [-0.15, -0.1) is 0 Å². The van der Waals surface area contributed by atoms with Crippen molar-refractivity contribution in [1.29, 1.82) is 0 Å². The first-order chi connectivity index (χ1) is 10.6. The summed E-state index contributed by atoms with van der Waals surface area (Å²) in [5, 5.41) is 14.6. The summed E-state index contributed by atoms with van der Waals surface area (Å²) in [5.41, 5.74) is 0.650. The molecule has 2 bridgehead atoms. The minimum Gasteiger partial charge on any atom is -0.508 e. The molecular formula is C17H16N2O3. The van der Waals surface area contributed by atoms with E-state index in [9.17, 15) is 14.7 Å². The predicted molar refractivity (Wildman–Crippen MR) is 79.9 cm³/mol. The molecule has 1 saturated heterocycles. The van der Waals surface area contributed by atoms with Crippen LogP contribution in [0.5, 0.6) is 5.75 Å². The zero-order chi connectivity index (χ0) is 15.3. The van der Waals surface area contributed by atoms with E-state index in [2.05, 4.69) is 17.3 Å². The summed E-state index contributed by atoms with van der Waals surface area (Å²) in [5.74, 6) is -0.384. The van der Waals surface area contributed by atoms with Crippen molar-refractivity contribution in [3.05, 3.63) is 42.0 Å². The number of carbonyl (C=O) groups excluding carboxylic acids is 2. The van der Waals surface area contributed by atoms with Crippen molar-refractivity contribution in [2.45, 2.75) is 12.8 Å². The van der Waals surface area contributed by atoms with Gasteiger partial charge in [0.2, 0.25) is 0 Å². The second-order valence-corrected chi connectivity index (χ2v) is 6.17. The van der Waals surface area contributed by atoms with E-state index in [1.165, 1.54) is 12.3 Å². The summed E-state index contributed by atoms with van der Waals surface area (Å²) in [6.45, 7) is 0. The highest BCUT2D eigenvalue weighted by atomic mass is 16.3. The number of fused-ring (bicyclic) bond motifs is 1. The highest BCUT2D eigenvalue weighted by Gasteiger charge is 2.56. The SMILES string of the molecule is O=C1[C@@H]2[C@@H](C(=O)N1/N=C\c1cccc(O)c1)[C@@H]1C=C[C@@H]2CC1. The largest absolute Gasteiger partial charge is 0.508 e. The number of amides is 2.